The number of nitrogen functional groups attached to an aromatic ring is 1. The van der Waals surface area contributed by atoms with E-state index in [4.69, 9.17) is 5.73 Å². The molecule has 0 spiro atoms. The highest BCUT2D eigenvalue weighted by Gasteiger charge is 2.07. The van der Waals surface area contributed by atoms with Gasteiger partial charge in [0.1, 0.15) is 23.3 Å². The Labute approximate surface area is 109 Å². The summed E-state index contributed by atoms with van der Waals surface area (Å²) in [4.78, 5) is 12.2. The Balaban J connectivity index is 2.27. The van der Waals surface area contributed by atoms with Gasteiger partial charge >= 0.3 is 0 Å². The number of hydrogen-bond donors (Lipinski definition) is 1. The zero-order valence-electron chi connectivity index (χ0n) is 10.5. The molecule has 0 unspecified atom stereocenters. The maximum Gasteiger partial charge on any atom is 0.223 e. The van der Waals surface area contributed by atoms with Gasteiger partial charge < -0.3 is 5.73 Å². The minimum Gasteiger partial charge on any atom is -0.368 e. The third kappa shape index (κ3) is 3.67. The number of aromatic nitrogens is 3. The predicted octanol–water partition coefficient (Wildman–Crippen LogP) is 2.28. The Morgan fingerprint density at radius 3 is 2.26 bits per heavy atom. The van der Waals surface area contributed by atoms with Crippen molar-refractivity contribution in [1.82, 2.24) is 15.0 Å². The maximum absolute atomic E-state index is 13.1. The third-order valence-corrected chi connectivity index (χ3v) is 2.50. The first kappa shape index (κ1) is 13.3. The molecule has 0 bridgehead atoms. The molecule has 6 heteroatoms. The van der Waals surface area contributed by atoms with Crippen LogP contribution in [0, 0.1) is 11.6 Å². The minimum absolute atomic E-state index is 0.130. The first-order valence-electron chi connectivity index (χ1n) is 6.01. The Bertz CT molecular complexity index is 567. The molecule has 0 saturated heterocycles. The summed E-state index contributed by atoms with van der Waals surface area (Å²) in [6.45, 7) is 2.00. The second-order valence-corrected chi connectivity index (χ2v) is 4.23. The van der Waals surface area contributed by atoms with Crippen molar-refractivity contribution in [1.29, 1.82) is 0 Å². The van der Waals surface area contributed by atoms with E-state index in [1.807, 2.05) is 6.92 Å². The van der Waals surface area contributed by atoms with Crippen molar-refractivity contribution >= 4 is 5.95 Å². The van der Waals surface area contributed by atoms with Gasteiger partial charge in [0.15, 0.2) is 0 Å². The zero-order valence-corrected chi connectivity index (χ0v) is 10.5. The first-order valence-corrected chi connectivity index (χ1v) is 6.01. The van der Waals surface area contributed by atoms with Gasteiger partial charge in [-0.1, -0.05) is 6.92 Å². The zero-order chi connectivity index (χ0) is 13.8. The number of anilines is 1. The molecular formula is C13H14F2N4. The summed E-state index contributed by atoms with van der Waals surface area (Å²) in [6, 6.07) is 3.33. The van der Waals surface area contributed by atoms with Crippen LogP contribution >= 0.6 is 0 Å². The van der Waals surface area contributed by atoms with Crippen molar-refractivity contribution in [2.24, 2.45) is 0 Å². The molecule has 0 fully saturated rings. The van der Waals surface area contributed by atoms with Crippen molar-refractivity contribution < 1.29 is 8.78 Å². The number of hydrogen-bond acceptors (Lipinski definition) is 4. The summed E-state index contributed by atoms with van der Waals surface area (Å²) in [6.07, 6.45) is 1.80. The fourth-order valence-electron chi connectivity index (χ4n) is 1.80. The number of nitrogens with zero attached hydrogens (tertiary/aromatic N) is 3. The summed E-state index contributed by atoms with van der Waals surface area (Å²) < 4.78 is 26.2. The predicted molar refractivity (Wildman–Crippen MR) is 67.4 cm³/mol. The molecule has 4 nitrogen and oxygen atoms in total. The van der Waals surface area contributed by atoms with Crippen LogP contribution < -0.4 is 5.73 Å². The molecule has 0 aliphatic rings. The first-order chi connectivity index (χ1) is 9.06. The van der Waals surface area contributed by atoms with E-state index in [9.17, 15) is 8.78 Å². The Hall–Kier alpha value is -2.11. The van der Waals surface area contributed by atoms with Gasteiger partial charge in [-0.2, -0.15) is 9.97 Å². The largest absolute Gasteiger partial charge is 0.368 e. The fraction of sp³-hybridized carbons (Fsp3) is 0.308. The number of rotatable bonds is 4. The van der Waals surface area contributed by atoms with E-state index in [0.717, 1.165) is 12.5 Å². The number of halogens is 2. The number of benzene rings is 1. The molecule has 0 aliphatic carbocycles. The molecular weight excluding hydrogens is 250 g/mol. The molecule has 100 valence electrons. The van der Waals surface area contributed by atoms with Crippen LogP contribution in [0.3, 0.4) is 0 Å². The lowest BCUT2D eigenvalue weighted by atomic mass is 10.1. The number of aryl methyl sites for hydroxylation is 1. The van der Waals surface area contributed by atoms with Gasteiger partial charge in [-0.05, 0) is 24.1 Å². The van der Waals surface area contributed by atoms with Crippen LogP contribution in [0.15, 0.2) is 18.2 Å². The molecule has 1 heterocycles. The normalized spacial score (nSPS) is 10.7. The lowest BCUT2D eigenvalue weighted by Crippen LogP contribution is -2.08. The molecule has 1 aromatic carbocycles. The topological polar surface area (TPSA) is 64.7 Å². The van der Waals surface area contributed by atoms with Crippen LogP contribution in [0.2, 0.25) is 0 Å². The van der Waals surface area contributed by atoms with Gasteiger partial charge in [-0.3, -0.25) is 0 Å². The molecule has 0 radical (unpaired) electrons. The van der Waals surface area contributed by atoms with Crippen LogP contribution in [-0.2, 0) is 12.8 Å². The molecule has 0 atom stereocenters. The van der Waals surface area contributed by atoms with E-state index in [0.29, 0.717) is 23.6 Å². The van der Waals surface area contributed by atoms with Crippen molar-refractivity contribution in [2.45, 2.75) is 26.2 Å². The molecule has 0 amide bonds. The molecule has 2 N–H and O–H groups in total. The van der Waals surface area contributed by atoms with Crippen molar-refractivity contribution in [3.8, 4) is 0 Å². The average molecular weight is 264 g/mol. The third-order valence-electron chi connectivity index (χ3n) is 2.50. The highest BCUT2D eigenvalue weighted by atomic mass is 19.1. The Morgan fingerprint density at radius 1 is 1.00 bits per heavy atom. The van der Waals surface area contributed by atoms with Gasteiger partial charge in [0.25, 0.3) is 0 Å². The number of nitrogens with two attached hydrogens (primary N) is 1. The van der Waals surface area contributed by atoms with Crippen molar-refractivity contribution in [3.63, 3.8) is 0 Å². The molecule has 0 saturated carbocycles. The second-order valence-electron chi connectivity index (χ2n) is 4.23. The van der Waals surface area contributed by atoms with Gasteiger partial charge in [0.05, 0.1) is 0 Å². The summed E-state index contributed by atoms with van der Waals surface area (Å²) >= 11 is 0. The van der Waals surface area contributed by atoms with Gasteiger partial charge in [-0.15, -0.1) is 0 Å². The van der Waals surface area contributed by atoms with Crippen LogP contribution in [0.25, 0.3) is 0 Å². The maximum atomic E-state index is 13.1. The monoisotopic (exact) mass is 264 g/mol. The lowest BCUT2D eigenvalue weighted by Gasteiger charge is -2.05. The van der Waals surface area contributed by atoms with E-state index < -0.39 is 11.6 Å². The summed E-state index contributed by atoms with van der Waals surface area (Å²) in [5, 5.41) is 0. The quantitative estimate of drug-likeness (QED) is 0.920. The second kappa shape index (κ2) is 5.69. The highest BCUT2D eigenvalue weighted by Crippen LogP contribution is 2.12. The molecule has 2 rings (SSSR count). The fourth-order valence-corrected chi connectivity index (χ4v) is 1.80. The van der Waals surface area contributed by atoms with E-state index in [1.165, 1.54) is 12.1 Å². The van der Waals surface area contributed by atoms with Crippen LogP contribution in [-0.4, -0.2) is 15.0 Å². The molecule has 19 heavy (non-hydrogen) atoms. The van der Waals surface area contributed by atoms with Crippen molar-refractivity contribution in [3.05, 3.63) is 47.0 Å². The van der Waals surface area contributed by atoms with Gasteiger partial charge in [0.2, 0.25) is 5.95 Å². The molecule has 1 aromatic heterocycles. The highest BCUT2D eigenvalue weighted by molar-refractivity contribution is 5.23. The van der Waals surface area contributed by atoms with Crippen LogP contribution in [0.1, 0.15) is 30.6 Å². The van der Waals surface area contributed by atoms with E-state index >= 15 is 0 Å². The SMILES string of the molecule is CCCc1nc(N)nc(Cc2cc(F)cc(F)c2)n1. The van der Waals surface area contributed by atoms with E-state index in [2.05, 4.69) is 15.0 Å². The Kier molecular flexibility index (Phi) is 3.99. The van der Waals surface area contributed by atoms with Crippen LogP contribution in [0.5, 0.6) is 0 Å². The van der Waals surface area contributed by atoms with Gasteiger partial charge in [-0.25, -0.2) is 13.8 Å². The Morgan fingerprint density at radius 2 is 1.63 bits per heavy atom. The van der Waals surface area contributed by atoms with Crippen molar-refractivity contribution in [2.75, 3.05) is 5.73 Å². The summed E-state index contributed by atoms with van der Waals surface area (Å²) in [7, 11) is 0. The smallest absolute Gasteiger partial charge is 0.223 e. The van der Waals surface area contributed by atoms with E-state index in [-0.39, 0.29) is 12.4 Å². The van der Waals surface area contributed by atoms with Crippen LogP contribution in [0.4, 0.5) is 14.7 Å². The standard InChI is InChI=1S/C13H14F2N4/c1-2-3-11-17-12(19-13(16)18-11)6-8-4-9(14)7-10(15)5-8/h4-5,7H,2-3,6H2,1H3,(H2,16,17,18,19). The summed E-state index contributed by atoms with van der Waals surface area (Å²) in [5.41, 5.74) is 6.06. The van der Waals surface area contributed by atoms with Gasteiger partial charge in [0, 0.05) is 18.9 Å². The van der Waals surface area contributed by atoms with E-state index in [1.54, 1.807) is 0 Å². The summed E-state index contributed by atoms with van der Waals surface area (Å²) in [5.74, 6) is -0.0928. The molecule has 2 aromatic rings. The minimum atomic E-state index is -0.620. The lowest BCUT2D eigenvalue weighted by molar-refractivity contribution is 0.580. The average Bonchev–Trinajstić information content (AvgIpc) is 2.26. The molecule has 0 aliphatic heterocycles.